The fraction of sp³-hybridized carbons (Fsp3) is 0.214. The summed E-state index contributed by atoms with van der Waals surface area (Å²) < 4.78 is 14.2. The Labute approximate surface area is 134 Å². The third-order valence-electron chi connectivity index (χ3n) is 2.50. The van der Waals surface area contributed by atoms with Crippen LogP contribution in [-0.4, -0.2) is 21.6 Å². The van der Waals surface area contributed by atoms with E-state index in [4.69, 9.17) is 0 Å². The highest BCUT2D eigenvalue weighted by atomic mass is 79.9. The van der Waals surface area contributed by atoms with E-state index in [2.05, 4.69) is 31.2 Å². The second kappa shape index (κ2) is 7.00. The molecule has 21 heavy (non-hydrogen) atoms. The van der Waals surface area contributed by atoms with Crippen LogP contribution in [-0.2, 0) is 4.79 Å². The number of carbonyl (C=O) groups is 1. The minimum atomic E-state index is -0.481. The summed E-state index contributed by atoms with van der Waals surface area (Å²) in [5, 5.41) is 3.07. The standard InChI is InChI=1S/C14H13BrFN3OS/c1-8-5-9(2)18-14(17-8)21-7-13(20)19-12-4-3-10(15)6-11(12)16/h3-6H,7H2,1-2H3,(H,19,20). The maximum absolute atomic E-state index is 13.6. The lowest BCUT2D eigenvalue weighted by molar-refractivity contribution is -0.113. The topological polar surface area (TPSA) is 54.9 Å². The molecule has 1 N–H and O–H groups in total. The molecular formula is C14H13BrFN3OS. The quantitative estimate of drug-likeness (QED) is 0.658. The van der Waals surface area contributed by atoms with Crippen molar-refractivity contribution in [2.24, 2.45) is 0 Å². The van der Waals surface area contributed by atoms with E-state index >= 15 is 0 Å². The van der Waals surface area contributed by atoms with Crippen LogP contribution in [0.1, 0.15) is 11.4 Å². The van der Waals surface area contributed by atoms with Gasteiger partial charge in [0.1, 0.15) is 5.82 Å². The molecule has 0 fully saturated rings. The van der Waals surface area contributed by atoms with Crippen LogP contribution in [0.25, 0.3) is 0 Å². The predicted octanol–water partition coefficient (Wildman–Crippen LogP) is 3.73. The van der Waals surface area contributed by atoms with Gasteiger partial charge in [0.15, 0.2) is 5.16 Å². The number of nitrogens with one attached hydrogen (secondary N) is 1. The lowest BCUT2D eigenvalue weighted by Gasteiger charge is -2.06. The molecule has 1 aromatic carbocycles. The van der Waals surface area contributed by atoms with Gasteiger partial charge in [-0.05, 0) is 38.1 Å². The Bertz CT molecular complexity index is 661. The molecule has 0 saturated heterocycles. The molecule has 1 aromatic heterocycles. The average Bonchev–Trinajstić information content (AvgIpc) is 2.39. The van der Waals surface area contributed by atoms with Crippen LogP contribution in [0.2, 0.25) is 0 Å². The number of rotatable bonds is 4. The molecular weight excluding hydrogens is 357 g/mol. The molecule has 2 aromatic rings. The van der Waals surface area contributed by atoms with E-state index in [1.54, 1.807) is 6.07 Å². The average molecular weight is 370 g/mol. The second-order valence-corrected chi connectivity index (χ2v) is 6.25. The zero-order valence-corrected chi connectivity index (χ0v) is 13.9. The first-order chi connectivity index (χ1) is 9.94. The van der Waals surface area contributed by atoms with Crippen molar-refractivity contribution in [1.82, 2.24) is 9.97 Å². The van der Waals surface area contributed by atoms with E-state index in [1.807, 2.05) is 19.9 Å². The monoisotopic (exact) mass is 369 g/mol. The van der Waals surface area contributed by atoms with Crippen molar-refractivity contribution in [3.63, 3.8) is 0 Å². The molecule has 0 aliphatic heterocycles. The van der Waals surface area contributed by atoms with Crippen molar-refractivity contribution in [2.45, 2.75) is 19.0 Å². The zero-order chi connectivity index (χ0) is 15.4. The van der Waals surface area contributed by atoms with Crippen LogP contribution in [0.3, 0.4) is 0 Å². The van der Waals surface area contributed by atoms with Gasteiger partial charge in [0.05, 0.1) is 11.4 Å². The fourth-order valence-corrected chi connectivity index (χ4v) is 2.75. The zero-order valence-electron chi connectivity index (χ0n) is 11.5. The third kappa shape index (κ3) is 4.78. The third-order valence-corrected chi connectivity index (χ3v) is 3.84. The lowest BCUT2D eigenvalue weighted by Crippen LogP contribution is -2.15. The van der Waals surface area contributed by atoms with E-state index in [0.29, 0.717) is 9.63 Å². The number of aromatic nitrogens is 2. The van der Waals surface area contributed by atoms with E-state index in [0.717, 1.165) is 11.4 Å². The van der Waals surface area contributed by atoms with E-state index in [9.17, 15) is 9.18 Å². The number of thioether (sulfide) groups is 1. The second-order valence-electron chi connectivity index (χ2n) is 4.39. The van der Waals surface area contributed by atoms with E-state index in [-0.39, 0.29) is 17.3 Å². The van der Waals surface area contributed by atoms with Crippen molar-refractivity contribution in [1.29, 1.82) is 0 Å². The molecule has 1 amide bonds. The van der Waals surface area contributed by atoms with Gasteiger partial charge in [-0.2, -0.15) is 0 Å². The molecule has 7 heteroatoms. The molecule has 0 unspecified atom stereocenters. The molecule has 2 rings (SSSR count). The van der Waals surface area contributed by atoms with Crippen molar-refractivity contribution in [3.8, 4) is 0 Å². The highest BCUT2D eigenvalue weighted by Crippen LogP contribution is 2.20. The number of benzene rings is 1. The molecule has 0 aliphatic rings. The van der Waals surface area contributed by atoms with Gasteiger partial charge in [-0.1, -0.05) is 27.7 Å². The number of amides is 1. The van der Waals surface area contributed by atoms with Crippen LogP contribution in [0, 0.1) is 19.7 Å². The summed E-state index contributed by atoms with van der Waals surface area (Å²) in [6.45, 7) is 3.74. The SMILES string of the molecule is Cc1cc(C)nc(SCC(=O)Nc2ccc(Br)cc2F)n1. The number of carbonyl (C=O) groups excluding carboxylic acids is 1. The molecule has 0 saturated carbocycles. The number of hydrogen-bond acceptors (Lipinski definition) is 4. The summed E-state index contributed by atoms with van der Waals surface area (Å²) in [4.78, 5) is 20.3. The summed E-state index contributed by atoms with van der Waals surface area (Å²) in [6.07, 6.45) is 0. The summed E-state index contributed by atoms with van der Waals surface area (Å²) in [5.41, 5.74) is 1.86. The number of anilines is 1. The number of halogens is 2. The highest BCUT2D eigenvalue weighted by molar-refractivity contribution is 9.10. The van der Waals surface area contributed by atoms with Gasteiger partial charge in [-0.15, -0.1) is 0 Å². The number of hydrogen-bond donors (Lipinski definition) is 1. The smallest absolute Gasteiger partial charge is 0.234 e. The molecule has 110 valence electrons. The fourth-order valence-electron chi connectivity index (χ4n) is 1.67. The van der Waals surface area contributed by atoms with Crippen LogP contribution < -0.4 is 5.32 Å². The molecule has 0 spiro atoms. The van der Waals surface area contributed by atoms with Gasteiger partial charge in [0.2, 0.25) is 5.91 Å². The van der Waals surface area contributed by atoms with Crippen LogP contribution >= 0.6 is 27.7 Å². The normalized spacial score (nSPS) is 10.5. The van der Waals surface area contributed by atoms with Crippen LogP contribution in [0.4, 0.5) is 10.1 Å². The summed E-state index contributed by atoms with van der Waals surface area (Å²) in [6, 6.07) is 6.34. The molecule has 1 heterocycles. The Morgan fingerprint density at radius 2 is 1.95 bits per heavy atom. The van der Waals surface area contributed by atoms with Crippen LogP contribution in [0.15, 0.2) is 33.9 Å². The Hall–Kier alpha value is -1.47. The van der Waals surface area contributed by atoms with Crippen molar-refractivity contribution < 1.29 is 9.18 Å². The Morgan fingerprint density at radius 1 is 1.29 bits per heavy atom. The molecule has 0 aliphatic carbocycles. The summed E-state index contributed by atoms with van der Waals surface area (Å²) in [5.74, 6) is -0.660. The predicted molar refractivity (Wildman–Crippen MR) is 85.0 cm³/mol. The Morgan fingerprint density at radius 3 is 2.57 bits per heavy atom. The number of nitrogens with zero attached hydrogens (tertiary/aromatic N) is 2. The largest absolute Gasteiger partial charge is 0.323 e. The molecule has 0 bridgehead atoms. The van der Waals surface area contributed by atoms with E-state index < -0.39 is 5.82 Å². The van der Waals surface area contributed by atoms with Gasteiger partial charge in [-0.25, -0.2) is 14.4 Å². The van der Waals surface area contributed by atoms with E-state index in [1.165, 1.54) is 23.9 Å². The van der Waals surface area contributed by atoms with Gasteiger partial charge < -0.3 is 5.32 Å². The minimum Gasteiger partial charge on any atom is -0.323 e. The lowest BCUT2D eigenvalue weighted by atomic mass is 10.3. The van der Waals surface area contributed by atoms with Gasteiger partial charge in [-0.3, -0.25) is 4.79 Å². The summed E-state index contributed by atoms with van der Waals surface area (Å²) in [7, 11) is 0. The molecule has 0 radical (unpaired) electrons. The molecule has 4 nitrogen and oxygen atoms in total. The molecule has 0 atom stereocenters. The van der Waals surface area contributed by atoms with Crippen molar-refractivity contribution >= 4 is 39.3 Å². The van der Waals surface area contributed by atoms with Gasteiger partial charge >= 0.3 is 0 Å². The van der Waals surface area contributed by atoms with Gasteiger partial charge in [0, 0.05) is 15.9 Å². The minimum absolute atomic E-state index is 0.123. The first-order valence-electron chi connectivity index (χ1n) is 6.14. The Balaban J connectivity index is 1.95. The number of aryl methyl sites for hydroxylation is 2. The van der Waals surface area contributed by atoms with Crippen molar-refractivity contribution in [2.75, 3.05) is 11.1 Å². The maximum atomic E-state index is 13.6. The van der Waals surface area contributed by atoms with Gasteiger partial charge in [0.25, 0.3) is 0 Å². The van der Waals surface area contributed by atoms with Crippen LogP contribution in [0.5, 0.6) is 0 Å². The first-order valence-corrected chi connectivity index (χ1v) is 7.92. The summed E-state index contributed by atoms with van der Waals surface area (Å²) >= 11 is 4.38. The Kier molecular flexibility index (Phi) is 5.30. The highest BCUT2D eigenvalue weighted by Gasteiger charge is 2.09. The maximum Gasteiger partial charge on any atom is 0.234 e. The first kappa shape index (κ1) is 15.9. The van der Waals surface area contributed by atoms with Crippen molar-refractivity contribution in [3.05, 3.63) is 45.9 Å².